The molecule has 2 amide bonds. The Kier molecular flexibility index (Phi) is 5.29. The van der Waals surface area contributed by atoms with E-state index in [-0.39, 0.29) is 12.5 Å². The highest BCUT2D eigenvalue weighted by Crippen LogP contribution is 2.08. The van der Waals surface area contributed by atoms with E-state index in [0.717, 1.165) is 5.56 Å². The zero-order valence-electron chi connectivity index (χ0n) is 10.4. The number of hydrogen-bond donors (Lipinski definition) is 3. The van der Waals surface area contributed by atoms with Gasteiger partial charge in [0.15, 0.2) is 0 Å². The topological polar surface area (TPSA) is 93.4 Å². The predicted octanol–water partition coefficient (Wildman–Crippen LogP) is 0.329. The first-order valence-corrected chi connectivity index (χ1v) is 5.52. The fraction of sp³-hybridized carbons (Fsp3) is 0.333. The van der Waals surface area contributed by atoms with Crippen LogP contribution in [0.5, 0.6) is 0 Å². The van der Waals surface area contributed by atoms with Gasteiger partial charge in [-0.1, -0.05) is 17.7 Å². The maximum absolute atomic E-state index is 11.7. The van der Waals surface area contributed by atoms with E-state index in [2.05, 4.69) is 10.8 Å². The number of anilines is 1. The normalized spacial score (nSPS) is 11.9. The van der Waals surface area contributed by atoms with E-state index in [0.29, 0.717) is 5.69 Å². The highest BCUT2D eigenvalue weighted by Gasteiger charge is 2.12. The highest BCUT2D eigenvalue weighted by atomic mass is 16.6. The predicted molar refractivity (Wildman–Crippen MR) is 67.6 cm³/mol. The van der Waals surface area contributed by atoms with Gasteiger partial charge in [-0.3, -0.25) is 14.4 Å². The lowest BCUT2D eigenvalue weighted by Gasteiger charge is -2.13. The second-order valence-corrected chi connectivity index (χ2v) is 3.95. The molecule has 0 bridgehead atoms. The summed E-state index contributed by atoms with van der Waals surface area (Å²) >= 11 is 0. The Morgan fingerprint density at radius 3 is 2.50 bits per heavy atom. The van der Waals surface area contributed by atoms with Crippen molar-refractivity contribution in [1.82, 2.24) is 5.48 Å². The lowest BCUT2D eigenvalue weighted by Crippen LogP contribution is -2.39. The van der Waals surface area contributed by atoms with Crippen LogP contribution < -0.4 is 16.5 Å². The number of rotatable bonds is 6. The summed E-state index contributed by atoms with van der Waals surface area (Å²) in [4.78, 5) is 26.9. The number of amides is 2. The molecule has 6 nitrogen and oxygen atoms in total. The zero-order chi connectivity index (χ0) is 13.5. The number of nitrogens with two attached hydrogens (primary N) is 1. The molecular formula is C12H17N3O3. The van der Waals surface area contributed by atoms with Crippen molar-refractivity contribution in [2.24, 2.45) is 5.73 Å². The van der Waals surface area contributed by atoms with Gasteiger partial charge in [-0.25, -0.2) is 0 Å². The number of aryl methyl sites for hydroxylation is 1. The molecule has 0 heterocycles. The number of primary amides is 1. The average molecular weight is 251 g/mol. The molecule has 0 saturated heterocycles. The van der Waals surface area contributed by atoms with Crippen molar-refractivity contribution in [1.29, 1.82) is 0 Å². The molecule has 98 valence electrons. The van der Waals surface area contributed by atoms with Gasteiger partial charge in [-0.15, -0.1) is 0 Å². The largest absolute Gasteiger partial charge is 0.368 e. The van der Waals surface area contributed by atoms with Crippen LogP contribution in [0.2, 0.25) is 0 Å². The van der Waals surface area contributed by atoms with Crippen LogP contribution in [0.4, 0.5) is 5.69 Å². The van der Waals surface area contributed by atoms with Crippen LogP contribution in [0.3, 0.4) is 0 Å². The zero-order valence-corrected chi connectivity index (χ0v) is 10.4. The minimum absolute atomic E-state index is 0.261. The van der Waals surface area contributed by atoms with Crippen LogP contribution in [0.15, 0.2) is 24.3 Å². The number of carbonyl (C=O) groups is 2. The van der Waals surface area contributed by atoms with E-state index in [1.165, 1.54) is 0 Å². The molecule has 1 atom stereocenters. The molecule has 1 aromatic rings. The third-order valence-corrected chi connectivity index (χ3v) is 2.19. The summed E-state index contributed by atoms with van der Waals surface area (Å²) in [7, 11) is 0. The molecule has 0 spiro atoms. The van der Waals surface area contributed by atoms with Gasteiger partial charge in [0.05, 0.1) is 0 Å². The summed E-state index contributed by atoms with van der Waals surface area (Å²) in [5.41, 5.74) is 9.14. The standard InChI is InChI=1S/C12H17N3O3/c1-8-3-5-10(6-4-8)14-12(17)9(2)15-18-7-11(13)16/h3-6,9,15H,7H2,1-2H3,(H2,13,16)(H,14,17). The van der Waals surface area contributed by atoms with Crippen LogP contribution in [0.1, 0.15) is 12.5 Å². The summed E-state index contributed by atoms with van der Waals surface area (Å²) in [6.45, 7) is 3.31. The SMILES string of the molecule is Cc1ccc(NC(=O)C(C)NOCC(N)=O)cc1. The Bertz CT molecular complexity index is 417. The van der Waals surface area contributed by atoms with Gasteiger partial charge in [-0.05, 0) is 26.0 Å². The maximum Gasteiger partial charge on any atom is 0.245 e. The van der Waals surface area contributed by atoms with Crippen LogP contribution in [0, 0.1) is 6.92 Å². The smallest absolute Gasteiger partial charge is 0.245 e. The lowest BCUT2D eigenvalue weighted by molar-refractivity contribution is -0.130. The fourth-order valence-corrected chi connectivity index (χ4v) is 1.18. The summed E-state index contributed by atoms with van der Waals surface area (Å²) < 4.78 is 0. The van der Waals surface area contributed by atoms with Crippen molar-refractivity contribution in [2.75, 3.05) is 11.9 Å². The first-order valence-electron chi connectivity index (χ1n) is 5.52. The number of carbonyl (C=O) groups excluding carboxylic acids is 2. The van der Waals surface area contributed by atoms with E-state index in [9.17, 15) is 9.59 Å². The number of hydrogen-bond acceptors (Lipinski definition) is 4. The van der Waals surface area contributed by atoms with E-state index in [4.69, 9.17) is 10.6 Å². The van der Waals surface area contributed by atoms with Crippen molar-refractivity contribution in [2.45, 2.75) is 19.9 Å². The van der Waals surface area contributed by atoms with Gasteiger partial charge in [0.25, 0.3) is 0 Å². The Hall–Kier alpha value is -1.92. The number of hydroxylamine groups is 1. The molecule has 1 aromatic carbocycles. The van der Waals surface area contributed by atoms with Gasteiger partial charge in [0.2, 0.25) is 11.8 Å². The van der Waals surface area contributed by atoms with E-state index < -0.39 is 11.9 Å². The van der Waals surface area contributed by atoms with Crippen molar-refractivity contribution in [3.63, 3.8) is 0 Å². The van der Waals surface area contributed by atoms with Crippen molar-refractivity contribution in [3.8, 4) is 0 Å². The van der Waals surface area contributed by atoms with E-state index in [1.54, 1.807) is 6.92 Å². The minimum atomic E-state index is -0.603. The van der Waals surface area contributed by atoms with Gasteiger partial charge in [0.1, 0.15) is 12.6 Å². The maximum atomic E-state index is 11.7. The molecule has 6 heteroatoms. The molecule has 0 aliphatic carbocycles. The van der Waals surface area contributed by atoms with E-state index in [1.807, 2.05) is 31.2 Å². The molecule has 0 aliphatic rings. The summed E-state index contributed by atoms with van der Waals surface area (Å²) in [6.07, 6.45) is 0. The molecule has 0 aromatic heterocycles. The molecule has 0 saturated carbocycles. The Balaban J connectivity index is 2.39. The van der Waals surface area contributed by atoms with Gasteiger partial charge in [0, 0.05) is 5.69 Å². The first kappa shape index (κ1) is 14.1. The third-order valence-electron chi connectivity index (χ3n) is 2.19. The number of benzene rings is 1. The summed E-state index contributed by atoms with van der Waals surface area (Å²) in [5, 5.41) is 2.71. The van der Waals surface area contributed by atoms with E-state index >= 15 is 0 Å². The van der Waals surface area contributed by atoms with Crippen molar-refractivity contribution < 1.29 is 14.4 Å². The average Bonchev–Trinajstić information content (AvgIpc) is 2.31. The second-order valence-electron chi connectivity index (χ2n) is 3.95. The molecule has 1 unspecified atom stereocenters. The molecule has 0 radical (unpaired) electrons. The lowest BCUT2D eigenvalue weighted by atomic mass is 10.2. The Morgan fingerprint density at radius 1 is 1.33 bits per heavy atom. The number of nitrogens with one attached hydrogen (secondary N) is 2. The van der Waals surface area contributed by atoms with Gasteiger partial charge < -0.3 is 11.1 Å². The van der Waals surface area contributed by atoms with Crippen LogP contribution >= 0.6 is 0 Å². The van der Waals surface area contributed by atoms with Crippen LogP contribution in [-0.4, -0.2) is 24.5 Å². The molecule has 18 heavy (non-hydrogen) atoms. The Morgan fingerprint density at radius 2 is 1.94 bits per heavy atom. The first-order chi connectivity index (χ1) is 8.49. The molecule has 0 aliphatic heterocycles. The van der Waals surface area contributed by atoms with Crippen LogP contribution in [0.25, 0.3) is 0 Å². The van der Waals surface area contributed by atoms with Crippen molar-refractivity contribution >= 4 is 17.5 Å². The molecule has 4 N–H and O–H groups in total. The third kappa shape index (κ3) is 4.94. The quantitative estimate of drug-likeness (QED) is 0.635. The van der Waals surface area contributed by atoms with Gasteiger partial charge in [-0.2, -0.15) is 5.48 Å². The summed E-state index contributed by atoms with van der Waals surface area (Å²) in [6, 6.07) is 6.83. The Labute approximate surface area is 105 Å². The molecule has 0 fully saturated rings. The molecule has 1 rings (SSSR count). The van der Waals surface area contributed by atoms with Crippen molar-refractivity contribution in [3.05, 3.63) is 29.8 Å². The monoisotopic (exact) mass is 251 g/mol. The highest BCUT2D eigenvalue weighted by molar-refractivity contribution is 5.94. The fourth-order valence-electron chi connectivity index (χ4n) is 1.18. The minimum Gasteiger partial charge on any atom is -0.368 e. The van der Waals surface area contributed by atoms with Gasteiger partial charge >= 0.3 is 0 Å². The molecular weight excluding hydrogens is 234 g/mol. The summed E-state index contributed by atoms with van der Waals surface area (Å²) in [5.74, 6) is -0.864. The second kappa shape index (κ2) is 6.73. The van der Waals surface area contributed by atoms with Crippen LogP contribution in [-0.2, 0) is 14.4 Å².